The number of benzene rings is 1. The average molecular weight is 445 g/mol. The van der Waals surface area contributed by atoms with Crippen molar-refractivity contribution in [3.05, 3.63) is 56.9 Å². The Balaban J connectivity index is 1.95. The van der Waals surface area contributed by atoms with Gasteiger partial charge in [-0.25, -0.2) is 9.78 Å². The van der Waals surface area contributed by atoms with Crippen LogP contribution in [0.2, 0.25) is 0 Å². The van der Waals surface area contributed by atoms with Crippen molar-refractivity contribution in [3.63, 3.8) is 0 Å². The number of para-hydroxylation sites is 2. The molecule has 3 rings (SSSR count). The Hall–Kier alpha value is -3.11. The summed E-state index contributed by atoms with van der Waals surface area (Å²) in [7, 11) is 4.51. The summed E-state index contributed by atoms with van der Waals surface area (Å²) in [6.45, 7) is 2.56. The van der Waals surface area contributed by atoms with Gasteiger partial charge in [0.05, 0.1) is 30.0 Å². The van der Waals surface area contributed by atoms with E-state index in [1.807, 2.05) is 19.1 Å². The standard InChI is InChI=1S/C21H24N4O5S/c1-5-30-15-9-7-6-8-14(15)23-16(26)12-31-18-13(11-29-4)10-22-19-17(18)20(27)25(3)21(28)24(19)2/h6-10H,5,11-12H2,1-4H3,(H,23,26). The molecule has 164 valence electrons. The zero-order valence-electron chi connectivity index (χ0n) is 17.8. The number of thioether (sulfide) groups is 1. The first kappa shape index (κ1) is 22.6. The number of pyridine rings is 1. The lowest BCUT2D eigenvalue weighted by molar-refractivity contribution is -0.113. The molecule has 0 saturated heterocycles. The molecule has 0 atom stereocenters. The first-order valence-corrected chi connectivity index (χ1v) is 10.6. The molecule has 0 fully saturated rings. The lowest BCUT2D eigenvalue weighted by atomic mass is 10.2. The fraction of sp³-hybridized carbons (Fsp3) is 0.333. The van der Waals surface area contributed by atoms with Gasteiger partial charge in [0.2, 0.25) is 5.91 Å². The summed E-state index contributed by atoms with van der Waals surface area (Å²) in [5.41, 5.74) is 0.569. The summed E-state index contributed by atoms with van der Waals surface area (Å²) in [6.07, 6.45) is 1.56. The van der Waals surface area contributed by atoms with Crippen LogP contribution in [0.25, 0.3) is 11.0 Å². The van der Waals surface area contributed by atoms with Gasteiger partial charge in [-0.2, -0.15) is 0 Å². The molecule has 3 aromatic rings. The van der Waals surface area contributed by atoms with Gasteiger partial charge in [-0.1, -0.05) is 12.1 Å². The highest BCUT2D eigenvalue weighted by molar-refractivity contribution is 8.00. The zero-order chi connectivity index (χ0) is 22.5. The third-order valence-corrected chi connectivity index (χ3v) is 5.77. The zero-order valence-corrected chi connectivity index (χ0v) is 18.6. The van der Waals surface area contributed by atoms with Crippen LogP contribution >= 0.6 is 11.8 Å². The lowest BCUT2D eigenvalue weighted by Gasteiger charge is -2.14. The summed E-state index contributed by atoms with van der Waals surface area (Å²) in [5, 5.41) is 3.13. The van der Waals surface area contributed by atoms with Crippen molar-refractivity contribution >= 4 is 34.4 Å². The van der Waals surface area contributed by atoms with Gasteiger partial charge in [0.25, 0.3) is 5.56 Å². The van der Waals surface area contributed by atoms with Gasteiger partial charge in [0.15, 0.2) is 0 Å². The molecule has 1 N–H and O–H groups in total. The number of carbonyl (C=O) groups is 1. The van der Waals surface area contributed by atoms with E-state index < -0.39 is 11.2 Å². The normalized spacial score (nSPS) is 11.0. The number of ether oxygens (including phenoxy) is 2. The molecule has 10 heteroatoms. The first-order chi connectivity index (χ1) is 14.9. The van der Waals surface area contributed by atoms with E-state index in [0.29, 0.717) is 28.5 Å². The molecule has 0 aliphatic heterocycles. The molecule has 0 unspecified atom stereocenters. The minimum atomic E-state index is -0.467. The van der Waals surface area contributed by atoms with Crippen LogP contribution in [0.3, 0.4) is 0 Å². The Bertz CT molecular complexity index is 1230. The van der Waals surface area contributed by atoms with Crippen molar-refractivity contribution in [2.45, 2.75) is 18.4 Å². The minimum absolute atomic E-state index is 0.0439. The summed E-state index contributed by atoms with van der Waals surface area (Å²) < 4.78 is 13.1. The summed E-state index contributed by atoms with van der Waals surface area (Å²) in [5.74, 6) is 0.372. The molecular weight excluding hydrogens is 420 g/mol. The topological polar surface area (TPSA) is 104 Å². The molecule has 0 aliphatic rings. The summed E-state index contributed by atoms with van der Waals surface area (Å²) >= 11 is 1.20. The third kappa shape index (κ3) is 4.64. The predicted octanol–water partition coefficient (Wildman–Crippen LogP) is 1.91. The highest BCUT2D eigenvalue weighted by Gasteiger charge is 2.19. The smallest absolute Gasteiger partial charge is 0.332 e. The molecule has 0 spiro atoms. The monoisotopic (exact) mass is 444 g/mol. The summed E-state index contributed by atoms with van der Waals surface area (Å²) in [4.78, 5) is 42.6. The van der Waals surface area contributed by atoms with Crippen LogP contribution in [0.5, 0.6) is 5.75 Å². The second kappa shape index (κ2) is 9.80. The Morgan fingerprint density at radius 2 is 1.94 bits per heavy atom. The third-order valence-electron chi connectivity index (χ3n) is 4.60. The molecule has 31 heavy (non-hydrogen) atoms. The molecule has 1 aromatic carbocycles. The predicted molar refractivity (Wildman–Crippen MR) is 120 cm³/mol. The number of amides is 1. The number of hydrogen-bond donors (Lipinski definition) is 1. The SMILES string of the molecule is CCOc1ccccc1NC(=O)CSc1c(COC)cnc2c1c(=O)n(C)c(=O)n2C. The van der Waals surface area contributed by atoms with Gasteiger partial charge >= 0.3 is 5.69 Å². The average Bonchev–Trinajstić information content (AvgIpc) is 2.76. The number of aryl methyl sites for hydroxylation is 1. The van der Waals surface area contributed by atoms with Crippen molar-refractivity contribution < 1.29 is 14.3 Å². The number of carbonyl (C=O) groups excluding carboxylic acids is 1. The number of nitrogens with one attached hydrogen (secondary N) is 1. The summed E-state index contributed by atoms with van der Waals surface area (Å²) in [6, 6.07) is 7.18. The maximum atomic E-state index is 12.9. The van der Waals surface area contributed by atoms with E-state index in [1.165, 1.54) is 30.5 Å². The highest BCUT2D eigenvalue weighted by Crippen LogP contribution is 2.29. The van der Waals surface area contributed by atoms with Crippen LogP contribution in [-0.4, -0.2) is 39.5 Å². The molecule has 2 heterocycles. The van der Waals surface area contributed by atoms with Gasteiger partial charge in [-0.15, -0.1) is 11.8 Å². The van der Waals surface area contributed by atoms with Crippen molar-refractivity contribution in [3.8, 4) is 5.75 Å². The molecule has 9 nitrogen and oxygen atoms in total. The number of rotatable bonds is 8. The Labute approximate surface area is 183 Å². The molecule has 2 aromatic heterocycles. The Kier molecular flexibility index (Phi) is 7.13. The Morgan fingerprint density at radius 1 is 1.19 bits per heavy atom. The second-order valence-corrected chi connectivity index (χ2v) is 7.70. The largest absolute Gasteiger partial charge is 0.492 e. The number of anilines is 1. The van der Waals surface area contributed by atoms with E-state index in [0.717, 1.165) is 4.57 Å². The van der Waals surface area contributed by atoms with E-state index in [1.54, 1.807) is 25.4 Å². The lowest BCUT2D eigenvalue weighted by Crippen LogP contribution is -2.37. The van der Waals surface area contributed by atoms with Crippen LogP contribution in [0.1, 0.15) is 12.5 Å². The second-order valence-electron chi connectivity index (χ2n) is 6.72. The minimum Gasteiger partial charge on any atom is -0.492 e. The fourth-order valence-corrected chi connectivity index (χ4v) is 4.11. The molecule has 0 radical (unpaired) electrons. The van der Waals surface area contributed by atoms with Gasteiger partial charge in [0.1, 0.15) is 11.4 Å². The number of hydrogen-bond acceptors (Lipinski definition) is 7. The number of nitrogens with zero attached hydrogens (tertiary/aromatic N) is 3. The molecular formula is C21H24N4O5S. The van der Waals surface area contributed by atoms with Crippen LogP contribution in [0.4, 0.5) is 5.69 Å². The van der Waals surface area contributed by atoms with Crippen LogP contribution in [0.15, 0.2) is 44.9 Å². The Morgan fingerprint density at radius 3 is 2.65 bits per heavy atom. The first-order valence-electron chi connectivity index (χ1n) is 9.60. The van der Waals surface area contributed by atoms with Crippen LogP contribution in [0, 0.1) is 0 Å². The molecule has 0 aliphatic carbocycles. The maximum Gasteiger partial charge on any atom is 0.332 e. The van der Waals surface area contributed by atoms with E-state index in [9.17, 15) is 14.4 Å². The number of methoxy groups -OCH3 is 1. The van der Waals surface area contributed by atoms with Crippen LogP contribution < -0.4 is 21.3 Å². The highest BCUT2D eigenvalue weighted by atomic mass is 32.2. The molecule has 0 saturated carbocycles. The van der Waals surface area contributed by atoms with E-state index in [4.69, 9.17) is 9.47 Å². The van der Waals surface area contributed by atoms with Gasteiger partial charge in [-0.3, -0.25) is 18.7 Å². The fourth-order valence-electron chi connectivity index (χ4n) is 3.14. The van der Waals surface area contributed by atoms with Crippen LogP contribution in [-0.2, 0) is 30.2 Å². The number of aromatic nitrogens is 3. The molecule has 0 bridgehead atoms. The van der Waals surface area contributed by atoms with Crippen molar-refractivity contribution in [1.82, 2.24) is 14.1 Å². The van der Waals surface area contributed by atoms with Gasteiger partial charge in [0, 0.05) is 37.9 Å². The van der Waals surface area contributed by atoms with Crippen molar-refractivity contribution in [1.29, 1.82) is 0 Å². The quantitative estimate of drug-likeness (QED) is 0.529. The van der Waals surface area contributed by atoms with Crippen molar-refractivity contribution in [2.24, 2.45) is 14.1 Å². The maximum absolute atomic E-state index is 12.9. The van der Waals surface area contributed by atoms with E-state index in [-0.39, 0.29) is 29.3 Å². The van der Waals surface area contributed by atoms with E-state index >= 15 is 0 Å². The van der Waals surface area contributed by atoms with Crippen molar-refractivity contribution in [2.75, 3.05) is 24.8 Å². The van der Waals surface area contributed by atoms with E-state index in [2.05, 4.69) is 10.3 Å². The van der Waals surface area contributed by atoms with Gasteiger partial charge in [-0.05, 0) is 19.1 Å². The van der Waals surface area contributed by atoms with Gasteiger partial charge < -0.3 is 14.8 Å². The molecule has 1 amide bonds. The number of fused-ring (bicyclic) bond motifs is 1.